The van der Waals surface area contributed by atoms with E-state index in [0.29, 0.717) is 50.0 Å². The molecule has 0 aromatic carbocycles. The van der Waals surface area contributed by atoms with Crippen LogP contribution in [-0.2, 0) is 28.7 Å². The Labute approximate surface area is 324 Å². The van der Waals surface area contributed by atoms with E-state index in [1.54, 1.807) is 13.8 Å². The second kappa shape index (κ2) is 16.6. The zero-order valence-electron chi connectivity index (χ0n) is 30.0. The maximum Gasteiger partial charge on any atom is 1.00 e. The van der Waals surface area contributed by atoms with Crippen molar-refractivity contribution in [2.75, 3.05) is 13.2 Å². The van der Waals surface area contributed by atoms with Gasteiger partial charge in [-0.25, -0.2) is 8.78 Å². The summed E-state index contributed by atoms with van der Waals surface area (Å²) in [5, 5.41) is 17.8. The van der Waals surface area contributed by atoms with Crippen LogP contribution in [0.2, 0.25) is 0 Å². The zero-order valence-corrected chi connectivity index (χ0v) is 32.8. The predicted molar refractivity (Wildman–Crippen MR) is 180 cm³/mol. The van der Waals surface area contributed by atoms with E-state index in [0.717, 1.165) is 17.7 Å². The van der Waals surface area contributed by atoms with Gasteiger partial charge in [-0.1, -0.05) is 26.0 Å². The van der Waals surface area contributed by atoms with Crippen molar-refractivity contribution in [3.63, 3.8) is 0 Å². The van der Waals surface area contributed by atoms with E-state index >= 15 is 18.4 Å². The number of fused-ring (bicyclic) bond motifs is 1. The molecule has 274 valence electrons. The van der Waals surface area contributed by atoms with Crippen LogP contribution in [-0.4, -0.2) is 93.4 Å². The maximum atomic E-state index is 15.1. The Morgan fingerprint density at radius 1 is 0.941 bits per heavy atom. The monoisotopic (exact) mass is 740 g/mol. The summed E-state index contributed by atoms with van der Waals surface area (Å²) < 4.78 is 40.9. The van der Waals surface area contributed by atoms with Gasteiger partial charge in [0.2, 0.25) is 0 Å². The number of carbonyl (C=O) groups excluding carboxylic acids is 4. The number of imide groups is 1. The molecule has 11 nitrogen and oxygen atoms in total. The fourth-order valence-electron chi connectivity index (χ4n) is 7.90. The minimum absolute atomic E-state index is 0. The SMILES string of the molecule is CCC1C=C(C(NC2CCCO2)C(=O)N(C(=O)C(NC2CCCO2)C2=CC(CC)CC(F)=C2)[C@@H]2C(=O)N3[C@@H]2SC(C)(C)[C@@H]3C(=O)[O-])C=C(F)C1.[Na+]. The molecule has 2 aliphatic carbocycles. The summed E-state index contributed by atoms with van der Waals surface area (Å²) in [6.07, 6.45) is 9.28. The number of amides is 3. The maximum absolute atomic E-state index is 15.1. The molecular formula is C36H47F2N4NaO7S. The van der Waals surface area contributed by atoms with Gasteiger partial charge >= 0.3 is 29.6 Å². The summed E-state index contributed by atoms with van der Waals surface area (Å²) in [6, 6.07) is -5.23. The summed E-state index contributed by atoms with van der Waals surface area (Å²) in [4.78, 5) is 58.7. The Bertz CT molecular complexity index is 1430. The third kappa shape index (κ3) is 8.28. The number of thioether (sulfide) groups is 1. The minimum Gasteiger partial charge on any atom is -0.548 e. The smallest absolute Gasteiger partial charge is 0.548 e. The standard InChI is InChI=1S/C36H48F2N4O7S.Na/c1-5-19-13-21(17-23(37)15-19)27(39-25-9-7-11-48-25)31(43)41(29-33(45)42-30(35(46)47)36(3,4)50-34(29)42)32(44)28(40-26-10-8-12-49-26)22-14-20(6-2)16-24(38)18-22;/h13-14,17-20,25-30,34,39-40H,5-12,15-16H2,1-4H3,(H,46,47);/q;+1/p-1/t19?,20?,25?,26?,27?,28?,29-,30+,34-;/m1./s1. The van der Waals surface area contributed by atoms with E-state index in [-0.39, 0.29) is 54.2 Å². The topological polar surface area (TPSA) is 140 Å². The number of rotatable bonds is 12. The van der Waals surface area contributed by atoms with Gasteiger partial charge in [0.05, 0.1) is 12.0 Å². The number of nitrogens with one attached hydrogen (secondary N) is 2. The third-order valence-electron chi connectivity index (χ3n) is 10.6. The molecule has 4 saturated heterocycles. The summed E-state index contributed by atoms with van der Waals surface area (Å²) in [5.41, 5.74) is 0.624. The molecular weight excluding hydrogens is 693 g/mol. The first-order valence-electron chi connectivity index (χ1n) is 17.8. The second-order valence-corrected chi connectivity index (χ2v) is 16.3. The number of allylic oxidation sites excluding steroid dienone is 4. The van der Waals surface area contributed by atoms with Gasteiger partial charge in [-0.2, -0.15) is 0 Å². The Balaban J connectivity index is 0.00000504. The number of hydrogen-bond donors (Lipinski definition) is 2. The Kier molecular flexibility index (Phi) is 13.1. The van der Waals surface area contributed by atoms with Crippen LogP contribution in [0, 0.1) is 11.8 Å². The van der Waals surface area contributed by atoms with Gasteiger partial charge in [-0.3, -0.25) is 29.9 Å². The number of carboxylic acids is 1. The van der Waals surface area contributed by atoms with Crippen molar-refractivity contribution in [1.29, 1.82) is 0 Å². The van der Waals surface area contributed by atoms with Crippen molar-refractivity contribution >= 4 is 35.5 Å². The molecule has 0 saturated carbocycles. The number of nitrogens with zero attached hydrogens (tertiary/aromatic N) is 2. The summed E-state index contributed by atoms with van der Waals surface area (Å²) in [6.45, 7) is 8.09. The van der Waals surface area contributed by atoms with Gasteiger partial charge in [0, 0.05) is 30.8 Å². The van der Waals surface area contributed by atoms with Crippen molar-refractivity contribution in [2.45, 2.75) is 126 Å². The third-order valence-corrected chi connectivity index (χ3v) is 12.1. The van der Waals surface area contributed by atoms with Crippen LogP contribution < -0.4 is 45.3 Å². The molecule has 4 fully saturated rings. The predicted octanol–water partition coefficient (Wildman–Crippen LogP) is 0.135. The van der Waals surface area contributed by atoms with E-state index in [1.165, 1.54) is 28.8 Å². The van der Waals surface area contributed by atoms with Gasteiger partial charge in [-0.05, 0) is 87.5 Å². The Hall–Kier alpha value is -1.91. The van der Waals surface area contributed by atoms with Crippen LogP contribution >= 0.6 is 11.8 Å². The van der Waals surface area contributed by atoms with E-state index in [2.05, 4.69) is 10.6 Å². The summed E-state index contributed by atoms with van der Waals surface area (Å²) >= 11 is 1.17. The van der Waals surface area contributed by atoms with Crippen LogP contribution in [0.1, 0.15) is 79.1 Å². The fourth-order valence-corrected chi connectivity index (χ4v) is 9.57. The molecule has 4 aliphatic heterocycles. The quantitative estimate of drug-likeness (QED) is 0.210. The molecule has 0 bridgehead atoms. The molecule has 0 aromatic rings. The molecule has 0 spiro atoms. The second-order valence-electron chi connectivity index (χ2n) is 14.5. The Morgan fingerprint density at radius 2 is 1.41 bits per heavy atom. The molecule has 0 radical (unpaired) electrons. The van der Waals surface area contributed by atoms with Crippen molar-refractivity contribution in [2.24, 2.45) is 11.8 Å². The molecule has 6 aliphatic rings. The minimum atomic E-state index is -1.44. The first-order chi connectivity index (χ1) is 23.8. The largest absolute Gasteiger partial charge is 1.00 e. The summed E-state index contributed by atoms with van der Waals surface area (Å²) in [7, 11) is 0. The van der Waals surface area contributed by atoms with Crippen molar-refractivity contribution in [3.05, 3.63) is 47.1 Å². The van der Waals surface area contributed by atoms with Gasteiger partial charge in [0.1, 0.15) is 47.6 Å². The van der Waals surface area contributed by atoms with Gasteiger partial charge < -0.3 is 24.3 Å². The van der Waals surface area contributed by atoms with Crippen LogP contribution in [0.25, 0.3) is 0 Å². The van der Waals surface area contributed by atoms with E-state index in [1.807, 2.05) is 26.0 Å². The molecule has 6 unspecified atom stereocenters. The van der Waals surface area contributed by atoms with Crippen molar-refractivity contribution < 1.29 is 72.1 Å². The number of carboxylic acid groups (broad SMARTS) is 1. The van der Waals surface area contributed by atoms with E-state index < -0.39 is 82.1 Å². The van der Waals surface area contributed by atoms with Crippen LogP contribution in [0.3, 0.4) is 0 Å². The molecule has 51 heavy (non-hydrogen) atoms. The molecule has 0 aromatic heterocycles. The zero-order chi connectivity index (χ0) is 35.9. The van der Waals surface area contributed by atoms with Crippen LogP contribution in [0.5, 0.6) is 0 Å². The number of β-lactam (4-membered cyclic amide) rings is 1. The molecule has 15 heteroatoms. The fraction of sp³-hybridized carbons (Fsp3) is 0.667. The number of carbonyl (C=O) groups is 4. The first-order valence-corrected chi connectivity index (χ1v) is 18.7. The number of ether oxygens (including phenoxy) is 2. The normalized spacial score (nSPS) is 32.4. The molecule has 4 heterocycles. The van der Waals surface area contributed by atoms with Crippen molar-refractivity contribution in [1.82, 2.24) is 20.4 Å². The van der Waals surface area contributed by atoms with Crippen LogP contribution in [0.4, 0.5) is 8.78 Å². The molecule has 3 amide bonds. The number of hydrogen-bond acceptors (Lipinski definition) is 10. The van der Waals surface area contributed by atoms with Crippen molar-refractivity contribution in [3.8, 4) is 0 Å². The molecule has 9 atom stereocenters. The van der Waals surface area contributed by atoms with E-state index in [9.17, 15) is 14.7 Å². The molecule has 2 N–H and O–H groups in total. The number of aliphatic carboxylic acids is 1. The number of halogens is 2. The van der Waals surface area contributed by atoms with E-state index in [4.69, 9.17) is 9.47 Å². The average molecular weight is 741 g/mol. The average Bonchev–Trinajstić information content (AvgIpc) is 3.84. The van der Waals surface area contributed by atoms with Gasteiger partial charge in [0.25, 0.3) is 17.7 Å². The van der Waals surface area contributed by atoms with Crippen LogP contribution in [0.15, 0.2) is 47.1 Å². The summed E-state index contributed by atoms with van der Waals surface area (Å²) in [5.74, 6) is -4.98. The first kappa shape index (κ1) is 40.3. The molecule has 6 rings (SSSR count). The van der Waals surface area contributed by atoms with Gasteiger partial charge in [0.15, 0.2) is 0 Å². The van der Waals surface area contributed by atoms with Gasteiger partial charge in [-0.15, -0.1) is 11.8 Å². The Morgan fingerprint density at radius 3 is 1.80 bits per heavy atom.